The number of nitrogens with two attached hydrogens (primary N) is 1. The number of hydrogen-bond acceptors (Lipinski definition) is 2. The summed E-state index contributed by atoms with van der Waals surface area (Å²) in [6.07, 6.45) is 5.34. The van der Waals surface area contributed by atoms with Crippen molar-refractivity contribution in [1.82, 2.24) is 4.90 Å². The third-order valence-corrected chi connectivity index (χ3v) is 3.99. The minimum atomic E-state index is 0.494. The lowest BCUT2D eigenvalue weighted by molar-refractivity contribution is 0.201. The summed E-state index contributed by atoms with van der Waals surface area (Å²) in [4.78, 5) is 2.67. The van der Waals surface area contributed by atoms with E-state index in [9.17, 15) is 0 Å². The summed E-state index contributed by atoms with van der Waals surface area (Å²) in [5, 5.41) is 0. The molecule has 2 nitrogen and oxygen atoms in total. The molecule has 0 amide bonds. The topological polar surface area (TPSA) is 29.3 Å². The molecule has 17 heavy (non-hydrogen) atoms. The predicted octanol–water partition coefficient (Wildman–Crippen LogP) is 3.12. The molecule has 0 heterocycles. The molecular weight excluding hydrogens is 208 g/mol. The monoisotopic (exact) mass is 240 g/mol. The number of nitrogens with zero attached hydrogens (tertiary/aromatic N) is 1. The van der Waals surface area contributed by atoms with Gasteiger partial charge >= 0.3 is 0 Å². The molecule has 0 bridgehead atoms. The van der Waals surface area contributed by atoms with Gasteiger partial charge in [0.1, 0.15) is 0 Å². The van der Waals surface area contributed by atoms with Crippen LogP contribution in [0.25, 0.3) is 0 Å². The first-order valence-corrected chi connectivity index (χ1v) is 7.40. The van der Waals surface area contributed by atoms with Gasteiger partial charge in [0.05, 0.1) is 0 Å². The molecule has 0 aliphatic heterocycles. The standard InChI is InChI=1S/C15H32N2/c1-13(2)5-9-17(10-6-14(3)4)12-15(11-16)7-8-15/h13-14H,5-12,16H2,1-4H3. The average molecular weight is 240 g/mol. The van der Waals surface area contributed by atoms with Crippen LogP contribution in [0, 0.1) is 17.3 Å². The Labute approximate surface area is 108 Å². The first-order chi connectivity index (χ1) is 7.97. The molecular formula is C15H32N2. The van der Waals surface area contributed by atoms with Gasteiger partial charge in [-0.2, -0.15) is 0 Å². The van der Waals surface area contributed by atoms with Crippen molar-refractivity contribution >= 4 is 0 Å². The van der Waals surface area contributed by atoms with Gasteiger partial charge in [-0.25, -0.2) is 0 Å². The molecule has 0 aromatic rings. The highest BCUT2D eigenvalue weighted by Gasteiger charge is 2.42. The van der Waals surface area contributed by atoms with E-state index in [1.165, 1.54) is 45.3 Å². The Kier molecular flexibility index (Phi) is 5.94. The molecule has 0 aromatic heterocycles. The molecule has 0 spiro atoms. The smallest absolute Gasteiger partial charge is 0.00501 e. The van der Waals surface area contributed by atoms with E-state index in [4.69, 9.17) is 5.73 Å². The summed E-state index contributed by atoms with van der Waals surface area (Å²) in [7, 11) is 0. The van der Waals surface area contributed by atoms with Crippen LogP contribution in [-0.4, -0.2) is 31.1 Å². The van der Waals surface area contributed by atoms with Crippen LogP contribution in [0.4, 0.5) is 0 Å². The predicted molar refractivity (Wildman–Crippen MR) is 76.1 cm³/mol. The van der Waals surface area contributed by atoms with Crippen molar-refractivity contribution in [3.05, 3.63) is 0 Å². The van der Waals surface area contributed by atoms with Crippen LogP contribution in [0.15, 0.2) is 0 Å². The molecule has 1 aliphatic carbocycles. The molecule has 1 aliphatic rings. The lowest BCUT2D eigenvalue weighted by atomic mass is 10.0. The Balaban J connectivity index is 2.35. The minimum Gasteiger partial charge on any atom is -0.330 e. The molecule has 102 valence electrons. The SMILES string of the molecule is CC(C)CCN(CCC(C)C)CC1(CN)CC1. The van der Waals surface area contributed by atoms with E-state index >= 15 is 0 Å². The van der Waals surface area contributed by atoms with Gasteiger partial charge < -0.3 is 10.6 Å². The molecule has 0 aromatic carbocycles. The Morgan fingerprint density at radius 1 is 1.00 bits per heavy atom. The van der Waals surface area contributed by atoms with Crippen molar-refractivity contribution in [1.29, 1.82) is 0 Å². The van der Waals surface area contributed by atoms with Crippen LogP contribution in [0.5, 0.6) is 0 Å². The fourth-order valence-electron chi connectivity index (χ4n) is 2.23. The van der Waals surface area contributed by atoms with Crippen molar-refractivity contribution in [3.63, 3.8) is 0 Å². The van der Waals surface area contributed by atoms with Gasteiger partial charge in [-0.15, -0.1) is 0 Å². The average Bonchev–Trinajstić information content (AvgIpc) is 3.02. The van der Waals surface area contributed by atoms with Crippen LogP contribution in [0.3, 0.4) is 0 Å². The van der Waals surface area contributed by atoms with E-state index < -0.39 is 0 Å². The molecule has 2 N–H and O–H groups in total. The molecule has 0 unspecified atom stereocenters. The summed E-state index contributed by atoms with van der Waals surface area (Å²) >= 11 is 0. The maximum absolute atomic E-state index is 5.90. The van der Waals surface area contributed by atoms with E-state index in [2.05, 4.69) is 32.6 Å². The summed E-state index contributed by atoms with van der Waals surface area (Å²) < 4.78 is 0. The molecule has 1 saturated carbocycles. The van der Waals surface area contributed by atoms with Crippen LogP contribution < -0.4 is 5.73 Å². The fourth-order valence-corrected chi connectivity index (χ4v) is 2.23. The summed E-state index contributed by atoms with van der Waals surface area (Å²) in [6.45, 7) is 13.9. The number of rotatable bonds is 9. The highest BCUT2D eigenvalue weighted by atomic mass is 15.1. The maximum atomic E-state index is 5.90. The normalized spacial score (nSPS) is 18.4. The second-order valence-electron chi connectivity index (χ2n) is 6.85. The van der Waals surface area contributed by atoms with Gasteiger partial charge in [-0.1, -0.05) is 27.7 Å². The lowest BCUT2D eigenvalue weighted by Crippen LogP contribution is -2.36. The van der Waals surface area contributed by atoms with Crippen molar-refractivity contribution < 1.29 is 0 Å². The largest absolute Gasteiger partial charge is 0.330 e. The molecule has 0 atom stereocenters. The summed E-state index contributed by atoms with van der Waals surface area (Å²) in [5.41, 5.74) is 6.40. The first-order valence-electron chi connectivity index (χ1n) is 7.40. The second-order valence-corrected chi connectivity index (χ2v) is 6.85. The quantitative estimate of drug-likeness (QED) is 0.671. The van der Waals surface area contributed by atoms with E-state index in [1.54, 1.807) is 0 Å². The molecule has 0 radical (unpaired) electrons. The van der Waals surface area contributed by atoms with E-state index in [0.29, 0.717) is 5.41 Å². The third kappa shape index (κ3) is 5.87. The molecule has 1 fully saturated rings. The van der Waals surface area contributed by atoms with Gasteiger partial charge in [0.2, 0.25) is 0 Å². The van der Waals surface area contributed by atoms with Crippen LogP contribution in [0.2, 0.25) is 0 Å². The van der Waals surface area contributed by atoms with Crippen molar-refractivity contribution in [2.75, 3.05) is 26.2 Å². The minimum absolute atomic E-state index is 0.494. The van der Waals surface area contributed by atoms with Gasteiger partial charge in [0.25, 0.3) is 0 Å². The highest BCUT2D eigenvalue weighted by Crippen LogP contribution is 2.45. The van der Waals surface area contributed by atoms with Crippen molar-refractivity contribution in [2.24, 2.45) is 23.0 Å². The zero-order chi connectivity index (χ0) is 12.9. The summed E-state index contributed by atoms with van der Waals surface area (Å²) in [5.74, 6) is 1.62. The lowest BCUT2D eigenvalue weighted by Gasteiger charge is -2.28. The van der Waals surface area contributed by atoms with E-state index in [1.807, 2.05) is 0 Å². The Hall–Kier alpha value is -0.0800. The van der Waals surface area contributed by atoms with Crippen molar-refractivity contribution in [2.45, 2.75) is 53.4 Å². The third-order valence-electron chi connectivity index (χ3n) is 3.99. The van der Waals surface area contributed by atoms with Crippen LogP contribution in [0.1, 0.15) is 53.4 Å². The van der Waals surface area contributed by atoms with Crippen LogP contribution >= 0.6 is 0 Å². The van der Waals surface area contributed by atoms with Gasteiger partial charge in [0, 0.05) is 6.54 Å². The van der Waals surface area contributed by atoms with Crippen LogP contribution in [-0.2, 0) is 0 Å². The van der Waals surface area contributed by atoms with Gasteiger partial charge in [-0.3, -0.25) is 0 Å². The Morgan fingerprint density at radius 3 is 1.76 bits per heavy atom. The second kappa shape index (κ2) is 6.75. The Morgan fingerprint density at radius 2 is 1.47 bits per heavy atom. The molecule has 1 rings (SSSR count). The maximum Gasteiger partial charge on any atom is 0.00501 e. The Bertz CT molecular complexity index is 195. The molecule has 2 heteroatoms. The van der Waals surface area contributed by atoms with Gasteiger partial charge in [0.15, 0.2) is 0 Å². The zero-order valence-electron chi connectivity index (χ0n) is 12.3. The first kappa shape index (κ1) is 15.0. The molecule has 0 saturated heterocycles. The van der Waals surface area contributed by atoms with Gasteiger partial charge in [-0.05, 0) is 62.6 Å². The van der Waals surface area contributed by atoms with Crippen molar-refractivity contribution in [3.8, 4) is 0 Å². The van der Waals surface area contributed by atoms with E-state index in [0.717, 1.165) is 18.4 Å². The summed E-state index contributed by atoms with van der Waals surface area (Å²) in [6, 6.07) is 0. The zero-order valence-corrected chi connectivity index (χ0v) is 12.3. The highest BCUT2D eigenvalue weighted by molar-refractivity contribution is 4.96. The fraction of sp³-hybridized carbons (Fsp3) is 1.00. The van der Waals surface area contributed by atoms with E-state index in [-0.39, 0.29) is 0 Å². The number of hydrogen-bond donors (Lipinski definition) is 1.